The molecule has 7 heteroatoms. The lowest BCUT2D eigenvalue weighted by molar-refractivity contribution is 0.0644. The van der Waals surface area contributed by atoms with Crippen LogP contribution in [0.1, 0.15) is 60.0 Å². The van der Waals surface area contributed by atoms with Crippen molar-refractivity contribution in [3.63, 3.8) is 0 Å². The Morgan fingerprint density at radius 3 is 2.56 bits per heavy atom. The van der Waals surface area contributed by atoms with Crippen LogP contribution in [0, 0.1) is 0 Å². The minimum atomic E-state index is 0. The Hall–Kier alpha value is -2.31. The topological polar surface area (TPSA) is 68.0 Å². The van der Waals surface area contributed by atoms with Gasteiger partial charge >= 0.3 is 0 Å². The summed E-state index contributed by atoms with van der Waals surface area (Å²) < 4.78 is 0. The predicted octanol–water partition coefficient (Wildman–Crippen LogP) is 4.56. The van der Waals surface area contributed by atoms with Gasteiger partial charge in [-0.3, -0.25) is 9.89 Å². The van der Waals surface area contributed by atoms with E-state index in [1.807, 2.05) is 12.3 Å². The number of halogens is 1. The minimum absolute atomic E-state index is 0. The standard InChI is InChI=1S/C25H31N5O.ClH/c31-25(30-13-9-19(10-14-30)29-11-3-4-12-29)17-7-8-22-21(15-17)20-6-2-1-5-18-16-26-28-23(18)24(20)27-22;/h7-8,15-16,19,27H,1-6,9-14H2,(H,26,28);1H. The number of fused-ring (bicyclic) bond motifs is 5. The van der Waals surface area contributed by atoms with Crippen LogP contribution in [-0.4, -0.2) is 63.1 Å². The second-order valence-electron chi connectivity index (χ2n) is 9.48. The van der Waals surface area contributed by atoms with Crippen LogP contribution in [0.4, 0.5) is 0 Å². The van der Waals surface area contributed by atoms with Gasteiger partial charge in [0.1, 0.15) is 0 Å². The molecule has 1 aliphatic carbocycles. The van der Waals surface area contributed by atoms with Gasteiger partial charge in [-0.1, -0.05) is 0 Å². The first-order chi connectivity index (χ1) is 15.3. The van der Waals surface area contributed by atoms with Crippen LogP contribution >= 0.6 is 12.4 Å². The third-order valence-electron chi connectivity index (χ3n) is 7.65. The molecule has 3 aromatic rings. The van der Waals surface area contributed by atoms with Crippen molar-refractivity contribution in [2.75, 3.05) is 26.2 Å². The number of aromatic amines is 2. The molecule has 0 spiro atoms. The van der Waals surface area contributed by atoms with Gasteiger partial charge in [-0.05, 0) is 93.8 Å². The SMILES string of the molecule is Cl.O=C(c1ccc2[nH]c3c(c2c1)CCCCc1cn[nH]c1-3)N1CCC(N2CCCC2)CC1. The van der Waals surface area contributed by atoms with E-state index in [-0.39, 0.29) is 18.3 Å². The van der Waals surface area contributed by atoms with Gasteiger partial charge < -0.3 is 14.8 Å². The molecular weight excluding hydrogens is 422 g/mol. The van der Waals surface area contributed by atoms with Gasteiger partial charge in [-0.15, -0.1) is 12.4 Å². The van der Waals surface area contributed by atoms with Gasteiger partial charge in [0.15, 0.2) is 0 Å². The molecular formula is C25H32ClN5O. The maximum atomic E-state index is 13.3. The molecule has 1 amide bonds. The molecule has 0 radical (unpaired) electrons. The molecule has 0 saturated carbocycles. The van der Waals surface area contributed by atoms with Crippen LogP contribution in [0.15, 0.2) is 24.4 Å². The molecule has 170 valence electrons. The summed E-state index contributed by atoms with van der Waals surface area (Å²) in [4.78, 5) is 21.6. The van der Waals surface area contributed by atoms with E-state index in [0.717, 1.165) is 67.7 Å². The number of hydrogen-bond acceptors (Lipinski definition) is 3. The summed E-state index contributed by atoms with van der Waals surface area (Å²) in [6.45, 7) is 4.24. The summed E-state index contributed by atoms with van der Waals surface area (Å²) >= 11 is 0. The highest BCUT2D eigenvalue weighted by atomic mass is 35.5. The smallest absolute Gasteiger partial charge is 0.253 e. The number of piperidine rings is 1. The first-order valence-electron chi connectivity index (χ1n) is 12.0. The molecule has 2 aliphatic heterocycles. The van der Waals surface area contributed by atoms with E-state index in [9.17, 15) is 4.79 Å². The van der Waals surface area contributed by atoms with Gasteiger partial charge in [0.2, 0.25) is 0 Å². The van der Waals surface area contributed by atoms with E-state index in [1.54, 1.807) is 0 Å². The Morgan fingerprint density at radius 2 is 1.75 bits per heavy atom. The van der Waals surface area contributed by atoms with E-state index < -0.39 is 0 Å². The minimum Gasteiger partial charge on any atom is -0.353 e. The Bertz CT molecular complexity index is 1100. The van der Waals surface area contributed by atoms with Crippen LogP contribution in [0.3, 0.4) is 0 Å². The molecule has 6 rings (SSSR count). The van der Waals surface area contributed by atoms with Crippen LogP contribution in [0.25, 0.3) is 22.3 Å². The Labute approximate surface area is 195 Å². The van der Waals surface area contributed by atoms with Crippen LogP contribution in [0.5, 0.6) is 0 Å². The average Bonchev–Trinajstić information content (AvgIpc) is 3.54. The molecule has 0 bridgehead atoms. The molecule has 1 aromatic carbocycles. The fraction of sp³-hybridized carbons (Fsp3) is 0.520. The molecule has 0 unspecified atom stereocenters. The molecule has 32 heavy (non-hydrogen) atoms. The van der Waals surface area contributed by atoms with E-state index in [1.165, 1.54) is 48.9 Å². The molecule has 2 N–H and O–H groups in total. The zero-order chi connectivity index (χ0) is 20.8. The van der Waals surface area contributed by atoms with Crippen molar-refractivity contribution in [3.05, 3.63) is 41.1 Å². The summed E-state index contributed by atoms with van der Waals surface area (Å²) in [5.74, 6) is 0.185. The highest BCUT2D eigenvalue weighted by molar-refractivity contribution is 6.00. The quantitative estimate of drug-likeness (QED) is 0.597. The monoisotopic (exact) mass is 453 g/mol. The Balaban J connectivity index is 0.00000216. The molecule has 3 aliphatic rings. The fourth-order valence-electron chi connectivity index (χ4n) is 5.91. The van der Waals surface area contributed by atoms with Crippen LogP contribution < -0.4 is 0 Å². The molecule has 2 aromatic heterocycles. The second kappa shape index (κ2) is 8.91. The predicted molar refractivity (Wildman–Crippen MR) is 130 cm³/mol. The number of carbonyl (C=O) groups excluding carboxylic acids is 1. The van der Waals surface area contributed by atoms with Crippen molar-refractivity contribution in [3.8, 4) is 11.4 Å². The molecule has 6 nitrogen and oxygen atoms in total. The van der Waals surface area contributed by atoms with Gasteiger partial charge in [0, 0.05) is 35.6 Å². The van der Waals surface area contributed by atoms with Crippen LogP contribution in [0.2, 0.25) is 0 Å². The normalized spacial score (nSPS) is 19.8. The number of amides is 1. The lowest BCUT2D eigenvalue weighted by Crippen LogP contribution is -2.45. The lowest BCUT2D eigenvalue weighted by atomic mass is 9.95. The zero-order valence-corrected chi connectivity index (χ0v) is 19.3. The van der Waals surface area contributed by atoms with Crippen molar-refractivity contribution in [1.82, 2.24) is 25.0 Å². The third-order valence-corrected chi connectivity index (χ3v) is 7.65. The highest BCUT2D eigenvalue weighted by Gasteiger charge is 2.29. The summed E-state index contributed by atoms with van der Waals surface area (Å²) in [6, 6.07) is 6.87. The second-order valence-corrected chi connectivity index (χ2v) is 9.48. The number of hydrogen-bond donors (Lipinski definition) is 2. The van der Waals surface area contributed by atoms with Gasteiger partial charge in [0.25, 0.3) is 5.91 Å². The average molecular weight is 454 g/mol. The van der Waals surface area contributed by atoms with Crippen molar-refractivity contribution in [2.45, 2.75) is 57.4 Å². The van der Waals surface area contributed by atoms with E-state index >= 15 is 0 Å². The highest BCUT2D eigenvalue weighted by Crippen LogP contribution is 2.35. The van der Waals surface area contributed by atoms with Crippen molar-refractivity contribution < 1.29 is 4.79 Å². The summed E-state index contributed by atoms with van der Waals surface area (Å²) in [5, 5.41) is 8.68. The largest absolute Gasteiger partial charge is 0.353 e. The zero-order valence-electron chi connectivity index (χ0n) is 18.5. The van der Waals surface area contributed by atoms with Gasteiger partial charge in [0.05, 0.1) is 17.6 Å². The van der Waals surface area contributed by atoms with E-state index in [2.05, 4.69) is 37.1 Å². The summed E-state index contributed by atoms with van der Waals surface area (Å²) in [5.41, 5.74) is 6.80. The number of benzene rings is 1. The van der Waals surface area contributed by atoms with Crippen LogP contribution in [-0.2, 0) is 12.8 Å². The maximum absolute atomic E-state index is 13.3. The molecule has 2 saturated heterocycles. The number of carbonyl (C=O) groups is 1. The number of H-pyrrole nitrogens is 2. The van der Waals surface area contributed by atoms with Crippen molar-refractivity contribution in [1.29, 1.82) is 0 Å². The summed E-state index contributed by atoms with van der Waals surface area (Å²) in [7, 11) is 0. The third kappa shape index (κ3) is 3.73. The van der Waals surface area contributed by atoms with E-state index in [4.69, 9.17) is 0 Å². The number of nitrogens with one attached hydrogen (secondary N) is 2. The summed E-state index contributed by atoms with van der Waals surface area (Å²) in [6.07, 6.45) is 11.3. The Morgan fingerprint density at radius 1 is 0.969 bits per heavy atom. The van der Waals surface area contributed by atoms with E-state index in [0.29, 0.717) is 6.04 Å². The fourth-order valence-corrected chi connectivity index (χ4v) is 5.91. The first kappa shape index (κ1) is 21.5. The number of aromatic nitrogens is 3. The first-order valence-corrected chi connectivity index (χ1v) is 12.0. The van der Waals surface area contributed by atoms with Crippen molar-refractivity contribution >= 4 is 29.2 Å². The number of likely N-dealkylation sites (tertiary alicyclic amines) is 2. The number of nitrogens with zero attached hydrogens (tertiary/aromatic N) is 3. The van der Waals surface area contributed by atoms with Gasteiger partial charge in [-0.25, -0.2) is 0 Å². The molecule has 4 heterocycles. The van der Waals surface area contributed by atoms with Gasteiger partial charge in [-0.2, -0.15) is 5.10 Å². The number of rotatable bonds is 2. The van der Waals surface area contributed by atoms with Crippen molar-refractivity contribution in [2.24, 2.45) is 0 Å². The Kier molecular flexibility index (Phi) is 5.99. The molecule has 0 atom stereocenters. The molecule has 2 fully saturated rings. The number of aryl methyl sites for hydroxylation is 2. The maximum Gasteiger partial charge on any atom is 0.253 e. The lowest BCUT2D eigenvalue weighted by Gasteiger charge is -2.36.